The third-order valence-corrected chi connectivity index (χ3v) is 4.11. The number of nitrogens with one attached hydrogen (secondary N) is 1. The van der Waals surface area contributed by atoms with Crippen LogP contribution in [0.15, 0.2) is 42.5 Å². The summed E-state index contributed by atoms with van der Waals surface area (Å²) in [5, 5.41) is 3.93. The van der Waals surface area contributed by atoms with E-state index in [1.54, 1.807) is 24.3 Å². The molecule has 0 spiro atoms. The molecule has 2 aromatic rings. The Kier molecular flexibility index (Phi) is 6.73. The topological polar surface area (TPSA) is 47.6 Å². The minimum atomic E-state index is -0.224. The molecule has 0 aliphatic rings. The van der Waals surface area contributed by atoms with Crippen LogP contribution in [0.5, 0.6) is 11.5 Å². The smallest absolute Gasteiger partial charge is 0.244 e. The van der Waals surface area contributed by atoms with Crippen LogP contribution >= 0.6 is 23.2 Å². The molecule has 1 amide bonds. The Morgan fingerprint density at radius 2 is 1.92 bits per heavy atom. The maximum absolute atomic E-state index is 12.1. The van der Waals surface area contributed by atoms with E-state index in [1.165, 1.54) is 20.3 Å². The summed E-state index contributed by atoms with van der Waals surface area (Å²) in [5.74, 6) is 0.737. The van der Waals surface area contributed by atoms with E-state index in [9.17, 15) is 4.79 Å². The van der Waals surface area contributed by atoms with Crippen LogP contribution in [-0.2, 0) is 4.79 Å². The Morgan fingerprint density at radius 3 is 2.56 bits per heavy atom. The molecule has 2 aromatic carbocycles. The molecular formula is C19H19Cl2NO3. The number of benzene rings is 2. The van der Waals surface area contributed by atoms with Crippen LogP contribution in [0.2, 0.25) is 10.0 Å². The second kappa shape index (κ2) is 8.79. The molecule has 0 aliphatic carbocycles. The number of carbonyl (C=O) groups is 1. The lowest BCUT2D eigenvalue weighted by atomic mass is 10.1. The lowest BCUT2D eigenvalue weighted by Gasteiger charge is -2.13. The molecule has 6 heteroatoms. The van der Waals surface area contributed by atoms with E-state index in [-0.39, 0.29) is 11.9 Å². The molecule has 132 valence electrons. The Bertz CT molecular complexity index is 790. The molecule has 0 bridgehead atoms. The highest BCUT2D eigenvalue weighted by molar-refractivity contribution is 6.32. The van der Waals surface area contributed by atoms with Crippen molar-refractivity contribution >= 4 is 35.2 Å². The van der Waals surface area contributed by atoms with Gasteiger partial charge in [0.2, 0.25) is 5.91 Å². The van der Waals surface area contributed by atoms with Crippen LogP contribution in [0, 0.1) is 0 Å². The Balaban J connectivity index is 2.08. The molecule has 2 rings (SSSR count). The summed E-state index contributed by atoms with van der Waals surface area (Å²) in [6, 6.07) is 10.7. The molecule has 0 heterocycles. The molecule has 0 aromatic heterocycles. The zero-order valence-electron chi connectivity index (χ0n) is 14.2. The minimum absolute atomic E-state index is 0.162. The quantitative estimate of drug-likeness (QED) is 0.725. The van der Waals surface area contributed by atoms with Crippen LogP contribution in [-0.4, -0.2) is 20.1 Å². The van der Waals surface area contributed by atoms with Crippen molar-refractivity contribution in [1.29, 1.82) is 0 Å². The van der Waals surface area contributed by atoms with Crippen LogP contribution in [0.4, 0.5) is 0 Å². The summed E-state index contributed by atoms with van der Waals surface area (Å²) in [5.41, 5.74) is 1.66. The highest BCUT2D eigenvalue weighted by Gasteiger charge is 2.11. The molecule has 1 atom stereocenters. The van der Waals surface area contributed by atoms with E-state index in [0.29, 0.717) is 21.5 Å². The summed E-state index contributed by atoms with van der Waals surface area (Å²) >= 11 is 12.1. The fraction of sp³-hybridized carbons (Fsp3) is 0.211. The Morgan fingerprint density at radius 1 is 1.16 bits per heavy atom. The van der Waals surface area contributed by atoms with Crippen molar-refractivity contribution in [2.75, 3.05) is 14.2 Å². The number of hydrogen-bond acceptors (Lipinski definition) is 3. The first-order valence-electron chi connectivity index (χ1n) is 7.60. The summed E-state index contributed by atoms with van der Waals surface area (Å²) in [4.78, 5) is 12.1. The minimum Gasteiger partial charge on any atom is -0.493 e. The van der Waals surface area contributed by atoms with Gasteiger partial charge in [0.05, 0.1) is 25.3 Å². The normalized spacial score (nSPS) is 12.0. The van der Waals surface area contributed by atoms with E-state index in [1.807, 2.05) is 25.1 Å². The summed E-state index contributed by atoms with van der Waals surface area (Å²) in [7, 11) is 3.05. The lowest BCUT2D eigenvalue weighted by molar-refractivity contribution is -0.117. The summed E-state index contributed by atoms with van der Waals surface area (Å²) < 4.78 is 10.4. The van der Waals surface area contributed by atoms with Gasteiger partial charge in [-0.2, -0.15) is 0 Å². The molecule has 25 heavy (non-hydrogen) atoms. The largest absolute Gasteiger partial charge is 0.493 e. The van der Waals surface area contributed by atoms with Gasteiger partial charge in [0.25, 0.3) is 0 Å². The van der Waals surface area contributed by atoms with Crippen molar-refractivity contribution in [2.24, 2.45) is 0 Å². The lowest BCUT2D eigenvalue weighted by Crippen LogP contribution is -2.24. The molecule has 1 unspecified atom stereocenters. The van der Waals surface area contributed by atoms with E-state index in [4.69, 9.17) is 32.7 Å². The predicted octanol–water partition coefficient (Wildman–Crippen LogP) is 4.90. The zero-order valence-corrected chi connectivity index (χ0v) is 15.7. The molecule has 0 saturated heterocycles. The monoisotopic (exact) mass is 379 g/mol. The second-order valence-corrected chi connectivity index (χ2v) is 6.20. The number of methoxy groups -OCH3 is 2. The standard InChI is InChI=1S/C19H19Cl2NO3/c1-12(14-5-4-6-15(20)11-14)22-18(23)8-7-13-9-16(21)19(25-3)17(10-13)24-2/h4-12H,1-3H3,(H,22,23)/b8-7+. The van der Waals surface area contributed by atoms with Gasteiger partial charge in [0.1, 0.15) is 0 Å². The number of rotatable bonds is 6. The highest BCUT2D eigenvalue weighted by atomic mass is 35.5. The number of carbonyl (C=O) groups excluding carboxylic acids is 1. The molecule has 0 aliphatic heterocycles. The van der Waals surface area contributed by atoms with Gasteiger partial charge >= 0.3 is 0 Å². The van der Waals surface area contributed by atoms with Gasteiger partial charge in [-0.1, -0.05) is 35.3 Å². The predicted molar refractivity (Wildman–Crippen MR) is 102 cm³/mol. The number of hydrogen-bond donors (Lipinski definition) is 1. The van der Waals surface area contributed by atoms with Crippen molar-refractivity contribution in [3.63, 3.8) is 0 Å². The van der Waals surface area contributed by atoms with Crippen LogP contribution < -0.4 is 14.8 Å². The Hall–Kier alpha value is -2.17. The Labute approximate surface area is 157 Å². The summed E-state index contributed by atoms with van der Waals surface area (Å²) in [6.45, 7) is 1.89. The highest BCUT2D eigenvalue weighted by Crippen LogP contribution is 2.36. The van der Waals surface area contributed by atoms with Gasteiger partial charge in [-0.3, -0.25) is 4.79 Å². The van der Waals surface area contributed by atoms with E-state index >= 15 is 0 Å². The van der Waals surface area contributed by atoms with Gasteiger partial charge in [-0.25, -0.2) is 0 Å². The van der Waals surface area contributed by atoms with Crippen LogP contribution in [0.25, 0.3) is 6.08 Å². The molecule has 0 fully saturated rings. The average molecular weight is 380 g/mol. The van der Waals surface area contributed by atoms with Crippen molar-refractivity contribution in [1.82, 2.24) is 5.32 Å². The van der Waals surface area contributed by atoms with Crippen molar-refractivity contribution < 1.29 is 14.3 Å². The van der Waals surface area contributed by atoms with E-state index < -0.39 is 0 Å². The third-order valence-electron chi connectivity index (χ3n) is 3.59. The van der Waals surface area contributed by atoms with Gasteiger partial charge in [0.15, 0.2) is 11.5 Å². The third kappa shape index (κ3) is 5.15. The van der Waals surface area contributed by atoms with Crippen LogP contribution in [0.3, 0.4) is 0 Å². The SMILES string of the molecule is COc1cc(/C=C/C(=O)NC(C)c2cccc(Cl)c2)cc(Cl)c1OC. The number of ether oxygens (including phenoxy) is 2. The number of amides is 1. The van der Waals surface area contributed by atoms with Gasteiger partial charge < -0.3 is 14.8 Å². The summed E-state index contributed by atoms with van der Waals surface area (Å²) in [6.07, 6.45) is 3.10. The van der Waals surface area contributed by atoms with E-state index in [2.05, 4.69) is 5.32 Å². The van der Waals surface area contributed by atoms with Crippen LogP contribution in [0.1, 0.15) is 24.1 Å². The van der Waals surface area contributed by atoms with Crippen molar-refractivity contribution in [3.05, 3.63) is 63.6 Å². The van der Waals surface area contributed by atoms with Gasteiger partial charge in [-0.15, -0.1) is 0 Å². The maximum atomic E-state index is 12.1. The molecule has 4 nitrogen and oxygen atoms in total. The van der Waals surface area contributed by atoms with Gasteiger partial charge in [0, 0.05) is 11.1 Å². The van der Waals surface area contributed by atoms with Crippen molar-refractivity contribution in [2.45, 2.75) is 13.0 Å². The van der Waals surface area contributed by atoms with E-state index in [0.717, 1.165) is 11.1 Å². The van der Waals surface area contributed by atoms with Gasteiger partial charge in [-0.05, 0) is 48.4 Å². The first-order valence-corrected chi connectivity index (χ1v) is 8.35. The number of halogens is 2. The molecule has 0 saturated carbocycles. The fourth-order valence-corrected chi connectivity index (χ4v) is 2.82. The first-order chi connectivity index (χ1) is 11.9. The second-order valence-electron chi connectivity index (χ2n) is 5.36. The first kappa shape index (κ1) is 19.2. The van der Waals surface area contributed by atoms with Crippen molar-refractivity contribution in [3.8, 4) is 11.5 Å². The zero-order chi connectivity index (χ0) is 18.4. The fourth-order valence-electron chi connectivity index (χ4n) is 2.33. The molecule has 1 N–H and O–H groups in total. The molecule has 0 radical (unpaired) electrons. The average Bonchev–Trinajstić information content (AvgIpc) is 2.59. The maximum Gasteiger partial charge on any atom is 0.244 e. The molecular weight excluding hydrogens is 361 g/mol.